The molecule has 0 amide bonds. The third-order valence-electron chi connectivity index (χ3n) is 4.12. The van der Waals surface area contributed by atoms with Crippen LogP contribution in [-0.2, 0) is 16.1 Å². The van der Waals surface area contributed by atoms with Crippen molar-refractivity contribution in [1.82, 2.24) is 4.90 Å². The molecule has 1 aromatic carbocycles. The summed E-state index contributed by atoms with van der Waals surface area (Å²) in [6, 6.07) is 5.30. The lowest BCUT2D eigenvalue weighted by Crippen LogP contribution is -2.36. The summed E-state index contributed by atoms with van der Waals surface area (Å²) in [6.07, 6.45) is 5.15. The maximum absolute atomic E-state index is 12.0. The van der Waals surface area contributed by atoms with Gasteiger partial charge < -0.3 is 19.3 Å². The van der Waals surface area contributed by atoms with Crippen molar-refractivity contribution in [2.75, 3.05) is 27.4 Å². The number of carbonyl (C=O) groups excluding carboxylic acids is 1. The number of aliphatic hydroxyl groups is 1. The van der Waals surface area contributed by atoms with Crippen molar-refractivity contribution in [3.63, 3.8) is 0 Å². The van der Waals surface area contributed by atoms with E-state index >= 15 is 0 Å². The standard InChI is InChI=1S/C23H35NO5/c1-17(2)12-13-24(15-18-8-10-20(27-6)14-21(18)28-7)19(16-25)9-11-22(26)29-23(3,4)5/h8-12,14,19,25H,13,15-16H2,1-7H3/b11-9+. The van der Waals surface area contributed by atoms with Gasteiger partial charge in [0.05, 0.1) is 26.9 Å². The zero-order chi connectivity index (χ0) is 22.0. The molecule has 0 bridgehead atoms. The van der Waals surface area contributed by atoms with Crippen LogP contribution in [0.1, 0.15) is 40.2 Å². The van der Waals surface area contributed by atoms with Crippen LogP contribution in [0.4, 0.5) is 0 Å². The molecular weight excluding hydrogens is 370 g/mol. The third-order valence-corrected chi connectivity index (χ3v) is 4.12. The van der Waals surface area contributed by atoms with Crippen LogP contribution in [0.25, 0.3) is 0 Å². The predicted octanol–water partition coefficient (Wildman–Crippen LogP) is 3.73. The Bertz CT molecular complexity index is 714. The summed E-state index contributed by atoms with van der Waals surface area (Å²) < 4.78 is 16.1. The van der Waals surface area contributed by atoms with Gasteiger partial charge in [0.25, 0.3) is 0 Å². The molecule has 0 saturated carbocycles. The number of esters is 1. The van der Waals surface area contributed by atoms with Crippen LogP contribution in [-0.4, -0.2) is 55.0 Å². The molecule has 1 rings (SSSR count). The number of hydrogen-bond donors (Lipinski definition) is 1. The second-order valence-corrected chi connectivity index (χ2v) is 8.03. The molecule has 1 atom stereocenters. The van der Waals surface area contributed by atoms with Crippen molar-refractivity contribution >= 4 is 5.97 Å². The molecule has 0 radical (unpaired) electrons. The molecule has 0 saturated heterocycles. The first-order valence-corrected chi connectivity index (χ1v) is 9.70. The predicted molar refractivity (Wildman–Crippen MR) is 115 cm³/mol. The smallest absolute Gasteiger partial charge is 0.330 e. The Kier molecular flexibility index (Phi) is 9.92. The van der Waals surface area contributed by atoms with Gasteiger partial charge in [-0.2, -0.15) is 0 Å². The summed E-state index contributed by atoms with van der Waals surface area (Å²) in [5.41, 5.74) is 1.57. The second-order valence-electron chi connectivity index (χ2n) is 8.03. The first kappa shape index (κ1) is 24.7. The highest BCUT2D eigenvalue weighted by Crippen LogP contribution is 2.26. The van der Waals surface area contributed by atoms with Gasteiger partial charge >= 0.3 is 5.97 Å². The molecule has 0 spiro atoms. The van der Waals surface area contributed by atoms with Crippen molar-refractivity contribution in [2.24, 2.45) is 0 Å². The van der Waals surface area contributed by atoms with E-state index in [0.717, 1.165) is 5.56 Å². The minimum atomic E-state index is -0.561. The molecule has 0 aliphatic rings. The number of rotatable bonds is 10. The minimum absolute atomic E-state index is 0.131. The third kappa shape index (κ3) is 9.15. The maximum atomic E-state index is 12.0. The van der Waals surface area contributed by atoms with Crippen molar-refractivity contribution in [3.05, 3.63) is 47.6 Å². The second kappa shape index (κ2) is 11.6. The minimum Gasteiger partial charge on any atom is -0.497 e. The van der Waals surface area contributed by atoms with E-state index in [1.54, 1.807) is 20.3 Å². The molecule has 6 heteroatoms. The highest BCUT2D eigenvalue weighted by atomic mass is 16.6. The summed E-state index contributed by atoms with van der Waals surface area (Å²) in [5.74, 6) is 0.990. The van der Waals surface area contributed by atoms with Crippen molar-refractivity contribution in [1.29, 1.82) is 0 Å². The number of hydrogen-bond acceptors (Lipinski definition) is 6. The summed E-state index contributed by atoms with van der Waals surface area (Å²) in [5, 5.41) is 9.98. The Morgan fingerprint density at radius 3 is 2.41 bits per heavy atom. The fourth-order valence-electron chi connectivity index (χ4n) is 2.64. The van der Waals surface area contributed by atoms with E-state index in [1.807, 2.05) is 52.8 Å². The van der Waals surface area contributed by atoms with Crippen molar-refractivity contribution < 1.29 is 24.1 Å². The van der Waals surface area contributed by atoms with E-state index in [9.17, 15) is 9.90 Å². The van der Waals surface area contributed by atoms with Crippen molar-refractivity contribution in [3.8, 4) is 11.5 Å². The number of nitrogens with zero attached hydrogens (tertiary/aromatic N) is 1. The molecule has 0 aliphatic carbocycles. The van der Waals surface area contributed by atoms with E-state index in [2.05, 4.69) is 11.0 Å². The largest absolute Gasteiger partial charge is 0.497 e. The Balaban J connectivity index is 3.09. The molecule has 1 aromatic rings. The van der Waals surface area contributed by atoms with E-state index in [4.69, 9.17) is 14.2 Å². The van der Waals surface area contributed by atoms with E-state index in [-0.39, 0.29) is 12.6 Å². The van der Waals surface area contributed by atoms with Gasteiger partial charge in [0.1, 0.15) is 17.1 Å². The Morgan fingerprint density at radius 2 is 1.90 bits per heavy atom. The van der Waals surface area contributed by atoms with Gasteiger partial charge in [-0.1, -0.05) is 23.8 Å². The Morgan fingerprint density at radius 1 is 1.21 bits per heavy atom. The topological polar surface area (TPSA) is 68.2 Å². The van der Waals surface area contributed by atoms with E-state index < -0.39 is 11.6 Å². The first-order chi connectivity index (χ1) is 13.6. The molecule has 29 heavy (non-hydrogen) atoms. The van der Waals surface area contributed by atoms with Gasteiger partial charge in [0.2, 0.25) is 0 Å². The molecule has 0 heterocycles. The van der Waals surface area contributed by atoms with Crippen LogP contribution in [0.15, 0.2) is 42.0 Å². The molecule has 1 unspecified atom stereocenters. The lowest BCUT2D eigenvalue weighted by Gasteiger charge is -2.28. The van der Waals surface area contributed by atoms with Crippen molar-refractivity contribution in [2.45, 2.75) is 52.8 Å². The van der Waals surface area contributed by atoms with Gasteiger partial charge in [0.15, 0.2) is 0 Å². The van der Waals surface area contributed by atoms with Crippen LogP contribution in [0.5, 0.6) is 11.5 Å². The number of methoxy groups -OCH3 is 2. The highest BCUT2D eigenvalue weighted by molar-refractivity contribution is 5.82. The number of carbonyl (C=O) groups is 1. The quantitative estimate of drug-likeness (QED) is 0.363. The van der Waals surface area contributed by atoms with Gasteiger partial charge in [-0.3, -0.25) is 4.90 Å². The lowest BCUT2D eigenvalue weighted by atomic mass is 10.1. The molecule has 162 valence electrons. The van der Waals surface area contributed by atoms with Gasteiger partial charge in [-0.05, 0) is 40.7 Å². The van der Waals surface area contributed by atoms with Crippen LogP contribution < -0.4 is 9.47 Å². The molecule has 0 aromatic heterocycles. The van der Waals surface area contributed by atoms with Crippen LogP contribution >= 0.6 is 0 Å². The van der Waals surface area contributed by atoms with E-state index in [0.29, 0.717) is 24.6 Å². The average molecular weight is 406 g/mol. The Hall–Kier alpha value is -2.31. The SMILES string of the molecule is COc1ccc(CN(CC=C(C)C)C(/C=C/C(=O)OC(C)(C)C)CO)c(OC)c1. The monoisotopic (exact) mass is 405 g/mol. The molecule has 6 nitrogen and oxygen atoms in total. The molecular formula is C23H35NO5. The number of benzene rings is 1. The summed E-state index contributed by atoms with van der Waals surface area (Å²) in [4.78, 5) is 14.1. The van der Waals surface area contributed by atoms with Crippen LogP contribution in [0.3, 0.4) is 0 Å². The molecule has 0 aliphatic heterocycles. The number of aliphatic hydroxyl groups excluding tert-OH is 1. The normalized spacial score (nSPS) is 12.7. The Labute approximate surface area is 174 Å². The lowest BCUT2D eigenvalue weighted by molar-refractivity contribution is -0.148. The summed E-state index contributed by atoms with van der Waals surface area (Å²) in [6.45, 7) is 10.5. The first-order valence-electron chi connectivity index (χ1n) is 9.70. The van der Waals surface area contributed by atoms with Gasteiger partial charge in [-0.25, -0.2) is 4.79 Å². The van der Waals surface area contributed by atoms with Gasteiger partial charge in [-0.15, -0.1) is 0 Å². The average Bonchev–Trinajstić information content (AvgIpc) is 2.64. The molecule has 0 fully saturated rings. The number of allylic oxidation sites excluding steroid dienone is 1. The fourth-order valence-corrected chi connectivity index (χ4v) is 2.64. The van der Waals surface area contributed by atoms with Crippen LogP contribution in [0, 0.1) is 0 Å². The van der Waals surface area contributed by atoms with Crippen LogP contribution in [0.2, 0.25) is 0 Å². The summed E-state index contributed by atoms with van der Waals surface area (Å²) >= 11 is 0. The summed E-state index contributed by atoms with van der Waals surface area (Å²) in [7, 11) is 3.23. The van der Waals surface area contributed by atoms with E-state index in [1.165, 1.54) is 11.6 Å². The maximum Gasteiger partial charge on any atom is 0.330 e. The number of ether oxygens (including phenoxy) is 3. The van der Waals surface area contributed by atoms with Gasteiger partial charge in [0, 0.05) is 30.8 Å². The highest BCUT2D eigenvalue weighted by Gasteiger charge is 2.19. The fraction of sp³-hybridized carbons (Fsp3) is 0.522. The molecule has 1 N–H and O–H groups in total. The zero-order valence-corrected chi connectivity index (χ0v) is 18.7. The zero-order valence-electron chi connectivity index (χ0n) is 18.7.